The van der Waals surface area contributed by atoms with Crippen LogP contribution < -0.4 is 0 Å². The van der Waals surface area contributed by atoms with Crippen molar-refractivity contribution in [1.82, 2.24) is 19.5 Å². The second kappa shape index (κ2) is 6.60. The van der Waals surface area contributed by atoms with Crippen LogP contribution in [0.2, 0.25) is 0 Å². The molecule has 1 amide bonds. The third-order valence-electron chi connectivity index (χ3n) is 3.88. The molecule has 5 heteroatoms. The van der Waals surface area contributed by atoms with Crippen LogP contribution in [0.5, 0.6) is 0 Å². The van der Waals surface area contributed by atoms with Gasteiger partial charge >= 0.3 is 0 Å². The molecular weight excluding hydrogens is 288 g/mol. The molecule has 0 fully saturated rings. The minimum Gasteiger partial charge on any atom is -0.342 e. The van der Waals surface area contributed by atoms with Gasteiger partial charge in [0.1, 0.15) is 0 Å². The Hall–Kier alpha value is -2.69. The van der Waals surface area contributed by atoms with Gasteiger partial charge in [-0.2, -0.15) is 0 Å². The lowest BCUT2D eigenvalue weighted by atomic mass is 10.2. The van der Waals surface area contributed by atoms with Crippen LogP contribution in [-0.4, -0.2) is 39.0 Å². The SMILES string of the molecule is CCCCN(C)C(=O)c1ccn2c(-c3ccccc3)nnc2c1. The molecule has 1 aromatic carbocycles. The standard InChI is InChI=1S/C18H20N4O/c1-3-4-11-21(2)18(23)15-10-12-22-16(13-15)19-20-17(22)14-8-6-5-7-9-14/h5-10,12-13H,3-4,11H2,1-2H3. The Morgan fingerprint density at radius 2 is 1.96 bits per heavy atom. The molecule has 0 aliphatic heterocycles. The maximum atomic E-state index is 12.4. The van der Waals surface area contributed by atoms with E-state index in [9.17, 15) is 4.79 Å². The zero-order chi connectivity index (χ0) is 16.2. The van der Waals surface area contributed by atoms with Gasteiger partial charge in [0.25, 0.3) is 5.91 Å². The van der Waals surface area contributed by atoms with Crippen LogP contribution in [0.15, 0.2) is 48.7 Å². The molecule has 0 radical (unpaired) electrons. The average Bonchev–Trinajstić information content (AvgIpc) is 3.02. The minimum absolute atomic E-state index is 0.0187. The zero-order valence-corrected chi connectivity index (χ0v) is 13.4. The number of nitrogens with zero attached hydrogens (tertiary/aromatic N) is 4. The number of fused-ring (bicyclic) bond motifs is 1. The quantitative estimate of drug-likeness (QED) is 0.727. The second-order valence-electron chi connectivity index (χ2n) is 5.61. The molecule has 0 saturated heterocycles. The topological polar surface area (TPSA) is 50.5 Å². The largest absolute Gasteiger partial charge is 0.342 e. The Bertz CT molecular complexity index is 810. The maximum Gasteiger partial charge on any atom is 0.253 e. The fraction of sp³-hybridized carbons (Fsp3) is 0.278. The van der Waals surface area contributed by atoms with Crippen LogP contribution in [0, 0.1) is 0 Å². The Labute approximate surface area is 135 Å². The summed E-state index contributed by atoms with van der Waals surface area (Å²) in [7, 11) is 1.83. The summed E-state index contributed by atoms with van der Waals surface area (Å²) in [5, 5.41) is 8.45. The van der Waals surface area contributed by atoms with Crippen molar-refractivity contribution in [2.45, 2.75) is 19.8 Å². The summed E-state index contributed by atoms with van der Waals surface area (Å²) < 4.78 is 1.90. The van der Waals surface area contributed by atoms with Crippen LogP contribution in [0.3, 0.4) is 0 Å². The van der Waals surface area contributed by atoms with E-state index in [0.29, 0.717) is 11.2 Å². The van der Waals surface area contributed by atoms with Gasteiger partial charge in [-0.05, 0) is 18.6 Å². The lowest BCUT2D eigenvalue weighted by molar-refractivity contribution is 0.0793. The van der Waals surface area contributed by atoms with Gasteiger partial charge in [0.2, 0.25) is 0 Å². The molecule has 0 N–H and O–H groups in total. The molecule has 3 rings (SSSR count). The molecule has 0 spiro atoms. The summed E-state index contributed by atoms with van der Waals surface area (Å²) >= 11 is 0. The van der Waals surface area contributed by atoms with Gasteiger partial charge in [0, 0.05) is 30.9 Å². The lowest BCUT2D eigenvalue weighted by Gasteiger charge is -2.16. The number of unbranched alkanes of at least 4 members (excludes halogenated alkanes) is 1. The first-order chi connectivity index (χ1) is 11.2. The van der Waals surface area contributed by atoms with Gasteiger partial charge in [-0.15, -0.1) is 10.2 Å². The van der Waals surface area contributed by atoms with Crippen LogP contribution >= 0.6 is 0 Å². The molecule has 0 saturated carbocycles. The monoisotopic (exact) mass is 308 g/mol. The summed E-state index contributed by atoms with van der Waals surface area (Å²) in [5.41, 5.74) is 2.32. The van der Waals surface area contributed by atoms with Gasteiger partial charge < -0.3 is 4.90 Å². The lowest BCUT2D eigenvalue weighted by Crippen LogP contribution is -2.27. The summed E-state index contributed by atoms with van der Waals surface area (Å²) in [6.07, 6.45) is 3.94. The maximum absolute atomic E-state index is 12.4. The Morgan fingerprint density at radius 1 is 1.17 bits per heavy atom. The van der Waals surface area contributed by atoms with E-state index < -0.39 is 0 Å². The molecule has 0 atom stereocenters. The highest BCUT2D eigenvalue weighted by atomic mass is 16.2. The minimum atomic E-state index is 0.0187. The van der Waals surface area contributed by atoms with E-state index in [1.165, 1.54) is 0 Å². The highest BCUT2D eigenvalue weighted by Crippen LogP contribution is 2.18. The van der Waals surface area contributed by atoms with E-state index in [1.807, 2.05) is 54.0 Å². The first kappa shape index (κ1) is 15.2. The zero-order valence-electron chi connectivity index (χ0n) is 13.4. The molecule has 2 heterocycles. The number of benzene rings is 1. The number of amides is 1. The number of hydrogen-bond donors (Lipinski definition) is 0. The van der Waals surface area contributed by atoms with E-state index in [1.54, 1.807) is 11.0 Å². The van der Waals surface area contributed by atoms with Crippen molar-refractivity contribution in [3.8, 4) is 11.4 Å². The molecule has 23 heavy (non-hydrogen) atoms. The second-order valence-corrected chi connectivity index (χ2v) is 5.61. The van der Waals surface area contributed by atoms with Crippen LogP contribution in [-0.2, 0) is 0 Å². The fourth-order valence-electron chi connectivity index (χ4n) is 2.53. The Balaban J connectivity index is 1.91. The first-order valence-electron chi connectivity index (χ1n) is 7.86. The summed E-state index contributed by atoms with van der Waals surface area (Å²) in [6, 6.07) is 13.5. The smallest absolute Gasteiger partial charge is 0.253 e. The van der Waals surface area contributed by atoms with E-state index in [0.717, 1.165) is 30.8 Å². The van der Waals surface area contributed by atoms with Crippen molar-refractivity contribution >= 4 is 11.6 Å². The van der Waals surface area contributed by atoms with Crippen molar-refractivity contribution in [2.24, 2.45) is 0 Å². The third-order valence-corrected chi connectivity index (χ3v) is 3.88. The molecule has 5 nitrogen and oxygen atoms in total. The molecule has 3 aromatic rings. The van der Waals surface area contributed by atoms with Crippen molar-refractivity contribution in [1.29, 1.82) is 0 Å². The van der Waals surface area contributed by atoms with Gasteiger partial charge in [0.15, 0.2) is 11.5 Å². The van der Waals surface area contributed by atoms with Crippen molar-refractivity contribution in [3.63, 3.8) is 0 Å². The Kier molecular flexibility index (Phi) is 4.37. The van der Waals surface area contributed by atoms with Crippen molar-refractivity contribution in [3.05, 3.63) is 54.2 Å². The van der Waals surface area contributed by atoms with Gasteiger partial charge in [-0.25, -0.2) is 0 Å². The van der Waals surface area contributed by atoms with Crippen molar-refractivity contribution < 1.29 is 4.79 Å². The number of aromatic nitrogens is 3. The highest BCUT2D eigenvalue weighted by molar-refractivity contribution is 5.95. The number of carbonyl (C=O) groups excluding carboxylic acids is 1. The third kappa shape index (κ3) is 3.08. The van der Waals surface area contributed by atoms with E-state index in [-0.39, 0.29) is 5.91 Å². The molecule has 0 unspecified atom stereocenters. The molecule has 0 aliphatic rings. The number of pyridine rings is 1. The average molecular weight is 308 g/mol. The highest BCUT2D eigenvalue weighted by Gasteiger charge is 2.14. The summed E-state index contributed by atoms with van der Waals surface area (Å²) in [5.74, 6) is 0.796. The van der Waals surface area contributed by atoms with E-state index >= 15 is 0 Å². The number of carbonyl (C=O) groups is 1. The Morgan fingerprint density at radius 3 is 2.70 bits per heavy atom. The van der Waals surface area contributed by atoms with E-state index in [2.05, 4.69) is 17.1 Å². The predicted octanol–water partition coefficient (Wildman–Crippen LogP) is 3.27. The fourth-order valence-corrected chi connectivity index (χ4v) is 2.53. The first-order valence-corrected chi connectivity index (χ1v) is 7.86. The molecule has 2 aromatic heterocycles. The van der Waals surface area contributed by atoms with Crippen molar-refractivity contribution in [2.75, 3.05) is 13.6 Å². The van der Waals surface area contributed by atoms with Gasteiger partial charge in [0.05, 0.1) is 0 Å². The van der Waals surface area contributed by atoms with Gasteiger partial charge in [-0.1, -0.05) is 43.7 Å². The van der Waals surface area contributed by atoms with Crippen LogP contribution in [0.25, 0.3) is 17.0 Å². The summed E-state index contributed by atoms with van der Waals surface area (Å²) in [6.45, 7) is 2.88. The molecule has 0 bridgehead atoms. The number of hydrogen-bond acceptors (Lipinski definition) is 3. The number of rotatable bonds is 5. The molecule has 0 aliphatic carbocycles. The normalized spacial score (nSPS) is 10.9. The summed E-state index contributed by atoms with van der Waals surface area (Å²) in [4.78, 5) is 14.2. The van der Waals surface area contributed by atoms with E-state index in [4.69, 9.17) is 0 Å². The van der Waals surface area contributed by atoms with Crippen LogP contribution in [0.4, 0.5) is 0 Å². The molecule has 118 valence electrons. The van der Waals surface area contributed by atoms with Crippen LogP contribution in [0.1, 0.15) is 30.1 Å². The predicted molar refractivity (Wildman–Crippen MR) is 90.3 cm³/mol. The van der Waals surface area contributed by atoms with Gasteiger partial charge in [-0.3, -0.25) is 9.20 Å². The molecular formula is C18H20N4O.